The predicted octanol–water partition coefficient (Wildman–Crippen LogP) is 1.20. The van der Waals surface area contributed by atoms with Gasteiger partial charge in [0.05, 0.1) is 18.7 Å². The Morgan fingerprint density at radius 1 is 1.67 bits per heavy atom. The standard InChI is InChI=1S/C10H9FN2O2/c1-2-15-10(14)5-9-8(11)4-3-7(6-12)13-9/h3-4H,2,5H2,1H3. The molecule has 0 aliphatic rings. The number of nitrogens with zero attached hydrogens (tertiary/aromatic N) is 2. The van der Waals surface area contributed by atoms with Crippen LogP contribution in [0.25, 0.3) is 0 Å². The fourth-order valence-corrected chi connectivity index (χ4v) is 1.02. The zero-order valence-electron chi connectivity index (χ0n) is 8.16. The average Bonchev–Trinajstić information content (AvgIpc) is 2.21. The van der Waals surface area contributed by atoms with Crippen LogP contribution in [-0.2, 0) is 16.0 Å². The zero-order chi connectivity index (χ0) is 11.3. The average molecular weight is 208 g/mol. The van der Waals surface area contributed by atoms with Gasteiger partial charge in [0.2, 0.25) is 0 Å². The van der Waals surface area contributed by atoms with Crippen molar-refractivity contribution in [2.24, 2.45) is 0 Å². The number of esters is 1. The third-order valence-corrected chi connectivity index (χ3v) is 1.65. The number of carbonyl (C=O) groups excluding carboxylic acids is 1. The lowest BCUT2D eigenvalue weighted by molar-refractivity contribution is -0.142. The Hall–Kier alpha value is -1.96. The minimum atomic E-state index is -0.609. The highest BCUT2D eigenvalue weighted by atomic mass is 19.1. The molecular weight excluding hydrogens is 199 g/mol. The van der Waals surface area contributed by atoms with E-state index >= 15 is 0 Å². The summed E-state index contributed by atoms with van der Waals surface area (Å²) < 4.78 is 17.8. The van der Waals surface area contributed by atoms with Gasteiger partial charge in [-0.25, -0.2) is 9.37 Å². The maximum absolute atomic E-state index is 13.1. The second-order valence-corrected chi connectivity index (χ2v) is 2.72. The topological polar surface area (TPSA) is 63.0 Å². The third-order valence-electron chi connectivity index (χ3n) is 1.65. The van der Waals surface area contributed by atoms with Crippen molar-refractivity contribution in [2.45, 2.75) is 13.3 Å². The molecule has 0 amide bonds. The number of nitriles is 1. The molecule has 0 aliphatic heterocycles. The highest BCUT2D eigenvalue weighted by molar-refractivity contribution is 5.72. The normalized spacial score (nSPS) is 9.40. The molecule has 0 aliphatic carbocycles. The number of hydrogen-bond acceptors (Lipinski definition) is 4. The van der Waals surface area contributed by atoms with E-state index in [0.717, 1.165) is 6.07 Å². The first kappa shape index (κ1) is 11.1. The summed E-state index contributed by atoms with van der Waals surface area (Å²) in [6.45, 7) is 1.89. The highest BCUT2D eigenvalue weighted by Crippen LogP contribution is 2.07. The minimum Gasteiger partial charge on any atom is -0.466 e. The molecule has 0 radical (unpaired) electrons. The molecule has 0 N–H and O–H groups in total. The summed E-state index contributed by atoms with van der Waals surface area (Å²) in [5, 5.41) is 8.54. The van der Waals surface area contributed by atoms with Crippen LogP contribution in [0.15, 0.2) is 12.1 Å². The minimum absolute atomic E-state index is 0.0625. The Balaban J connectivity index is 2.85. The molecule has 78 valence electrons. The van der Waals surface area contributed by atoms with E-state index in [2.05, 4.69) is 9.72 Å². The number of pyridine rings is 1. The van der Waals surface area contributed by atoms with E-state index in [9.17, 15) is 9.18 Å². The molecule has 0 saturated heterocycles. The summed E-state index contributed by atoms with van der Waals surface area (Å²) in [6, 6.07) is 4.14. The molecule has 1 rings (SSSR count). The van der Waals surface area contributed by atoms with Gasteiger partial charge >= 0.3 is 5.97 Å². The summed E-state index contributed by atoms with van der Waals surface area (Å²) >= 11 is 0. The van der Waals surface area contributed by atoms with Gasteiger partial charge in [-0.3, -0.25) is 4.79 Å². The van der Waals surface area contributed by atoms with Crippen LogP contribution < -0.4 is 0 Å². The molecule has 15 heavy (non-hydrogen) atoms. The monoisotopic (exact) mass is 208 g/mol. The van der Waals surface area contributed by atoms with E-state index in [1.54, 1.807) is 13.0 Å². The Labute approximate surface area is 86.3 Å². The molecule has 1 heterocycles. The first-order valence-corrected chi connectivity index (χ1v) is 4.38. The molecule has 0 saturated carbocycles. The molecule has 4 nitrogen and oxygen atoms in total. The Morgan fingerprint density at radius 2 is 2.40 bits per heavy atom. The fourth-order valence-electron chi connectivity index (χ4n) is 1.02. The van der Waals surface area contributed by atoms with E-state index < -0.39 is 11.8 Å². The molecule has 0 unspecified atom stereocenters. The number of carbonyl (C=O) groups is 1. The Morgan fingerprint density at radius 3 is 3.00 bits per heavy atom. The summed E-state index contributed by atoms with van der Waals surface area (Å²) in [5.74, 6) is -1.17. The molecular formula is C10H9FN2O2. The van der Waals surface area contributed by atoms with Crippen molar-refractivity contribution in [1.82, 2.24) is 4.98 Å². The number of aromatic nitrogens is 1. The molecule has 0 aromatic carbocycles. The van der Waals surface area contributed by atoms with Crippen LogP contribution in [0.1, 0.15) is 18.3 Å². The molecule has 0 fully saturated rings. The lowest BCUT2D eigenvalue weighted by Gasteiger charge is -2.02. The predicted molar refractivity (Wildman–Crippen MR) is 49.2 cm³/mol. The van der Waals surface area contributed by atoms with E-state index in [1.165, 1.54) is 6.07 Å². The SMILES string of the molecule is CCOC(=O)Cc1nc(C#N)ccc1F. The van der Waals surface area contributed by atoms with Gasteiger partial charge < -0.3 is 4.74 Å². The summed E-state index contributed by atoms with van der Waals surface area (Å²) in [5.41, 5.74) is 0.0169. The van der Waals surface area contributed by atoms with Crippen molar-refractivity contribution in [3.63, 3.8) is 0 Å². The largest absolute Gasteiger partial charge is 0.466 e. The van der Waals surface area contributed by atoms with Gasteiger partial charge in [0.15, 0.2) is 0 Å². The van der Waals surface area contributed by atoms with E-state index in [1.807, 2.05) is 0 Å². The number of rotatable bonds is 3. The summed E-state index contributed by atoms with van der Waals surface area (Å²) in [7, 11) is 0. The van der Waals surface area contributed by atoms with Crippen molar-refractivity contribution in [3.8, 4) is 6.07 Å². The smallest absolute Gasteiger partial charge is 0.311 e. The maximum Gasteiger partial charge on any atom is 0.311 e. The molecule has 0 atom stereocenters. The second kappa shape index (κ2) is 5.05. The molecule has 0 bridgehead atoms. The third kappa shape index (κ3) is 3.02. The van der Waals surface area contributed by atoms with Crippen molar-refractivity contribution in [1.29, 1.82) is 5.26 Å². The lowest BCUT2D eigenvalue weighted by atomic mass is 10.2. The Kier molecular flexibility index (Phi) is 3.75. The summed E-state index contributed by atoms with van der Waals surface area (Å²) in [6.07, 6.45) is -0.255. The van der Waals surface area contributed by atoms with Gasteiger partial charge in [0.25, 0.3) is 0 Å². The quantitative estimate of drug-likeness (QED) is 0.700. The molecule has 5 heteroatoms. The second-order valence-electron chi connectivity index (χ2n) is 2.72. The molecule has 1 aromatic heterocycles. The van der Waals surface area contributed by atoms with Gasteiger partial charge in [-0.15, -0.1) is 0 Å². The number of ether oxygens (including phenoxy) is 1. The number of hydrogen-bond donors (Lipinski definition) is 0. The molecule has 1 aromatic rings. The van der Waals surface area contributed by atoms with Crippen molar-refractivity contribution in [2.75, 3.05) is 6.61 Å². The van der Waals surface area contributed by atoms with Crippen LogP contribution in [0, 0.1) is 17.1 Å². The van der Waals surface area contributed by atoms with E-state index in [-0.39, 0.29) is 24.4 Å². The highest BCUT2D eigenvalue weighted by Gasteiger charge is 2.11. The van der Waals surface area contributed by atoms with Crippen LogP contribution in [0.4, 0.5) is 4.39 Å². The van der Waals surface area contributed by atoms with Gasteiger partial charge in [-0.2, -0.15) is 5.26 Å². The van der Waals surface area contributed by atoms with E-state index in [0.29, 0.717) is 0 Å². The zero-order valence-corrected chi connectivity index (χ0v) is 8.16. The lowest BCUT2D eigenvalue weighted by Crippen LogP contribution is -2.10. The van der Waals surface area contributed by atoms with Crippen LogP contribution in [-0.4, -0.2) is 17.6 Å². The first-order chi connectivity index (χ1) is 7.17. The van der Waals surface area contributed by atoms with Crippen molar-refractivity contribution >= 4 is 5.97 Å². The van der Waals surface area contributed by atoms with Gasteiger partial charge in [-0.05, 0) is 19.1 Å². The molecule has 0 spiro atoms. The Bertz CT molecular complexity index is 412. The van der Waals surface area contributed by atoms with Gasteiger partial charge in [0, 0.05) is 0 Å². The fraction of sp³-hybridized carbons (Fsp3) is 0.300. The maximum atomic E-state index is 13.1. The van der Waals surface area contributed by atoms with Crippen LogP contribution in [0.2, 0.25) is 0 Å². The van der Waals surface area contributed by atoms with Gasteiger partial charge in [-0.1, -0.05) is 0 Å². The number of halogens is 1. The van der Waals surface area contributed by atoms with Crippen LogP contribution >= 0.6 is 0 Å². The first-order valence-electron chi connectivity index (χ1n) is 4.38. The van der Waals surface area contributed by atoms with Crippen molar-refractivity contribution in [3.05, 3.63) is 29.3 Å². The van der Waals surface area contributed by atoms with E-state index in [4.69, 9.17) is 5.26 Å². The van der Waals surface area contributed by atoms with Gasteiger partial charge in [0.1, 0.15) is 17.6 Å². The van der Waals surface area contributed by atoms with Crippen LogP contribution in [0.3, 0.4) is 0 Å². The van der Waals surface area contributed by atoms with Crippen molar-refractivity contribution < 1.29 is 13.9 Å². The summed E-state index contributed by atoms with van der Waals surface area (Å²) in [4.78, 5) is 14.7. The van der Waals surface area contributed by atoms with Crippen LogP contribution in [0.5, 0.6) is 0 Å².